The van der Waals surface area contributed by atoms with Crippen molar-refractivity contribution in [3.05, 3.63) is 71.3 Å². The molecule has 2 aromatic heterocycles. The largest absolute Gasteiger partial charge is 0.322 e. The smallest absolute Gasteiger partial charge is 0.238 e. The van der Waals surface area contributed by atoms with Crippen molar-refractivity contribution in [3.8, 4) is 5.69 Å². The van der Waals surface area contributed by atoms with E-state index in [-0.39, 0.29) is 11.9 Å². The number of hydrogen-bond donors (Lipinski definition) is 1. The van der Waals surface area contributed by atoms with Gasteiger partial charge in [0.1, 0.15) is 0 Å². The Kier molecular flexibility index (Phi) is 5.68. The number of benzene rings is 1. The average molecular weight is 404 g/mol. The van der Waals surface area contributed by atoms with E-state index in [0.29, 0.717) is 12.5 Å². The summed E-state index contributed by atoms with van der Waals surface area (Å²) in [6.07, 6.45) is 4.74. The Balaban J connectivity index is 1.49. The Morgan fingerprint density at radius 3 is 2.63 bits per heavy atom. The molecule has 1 aromatic carbocycles. The number of hydrogen-bond acceptors (Lipinski definition) is 4. The summed E-state index contributed by atoms with van der Waals surface area (Å²) >= 11 is 0. The lowest BCUT2D eigenvalue weighted by Crippen LogP contribution is -2.33. The molecule has 6 heteroatoms. The van der Waals surface area contributed by atoms with Gasteiger partial charge in [0, 0.05) is 25.0 Å². The number of amides is 1. The fraction of sp³-hybridized carbons (Fsp3) is 0.375. The van der Waals surface area contributed by atoms with Gasteiger partial charge in [-0.1, -0.05) is 30.7 Å². The standard InChI is InChI=1S/C24H29N5O/c1-16-7-9-21(10-8-16)29-19(4)24(18(3)27-29)26-23(30)15-28-14-17(2)12-22(28)20-6-5-11-25-13-20/h5-11,13,17,22H,12,14-15H2,1-4H3,(H,26,30)/t17-,22-/m0/s1. The number of carbonyl (C=O) groups is 1. The first-order valence-corrected chi connectivity index (χ1v) is 10.5. The molecule has 3 heterocycles. The Morgan fingerprint density at radius 2 is 1.93 bits per heavy atom. The van der Waals surface area contributed by atoms with Gasteiger partial charge in [-0.05, 0) is 56.9 Å². The second kappa shape index (κ2) is 8.40. The number of likely N-dealkylation sites (tertiary alicyclic amines) is 1. The number of pyridine rings is 1. The lowest BCUT2D eigenvalue weighted by Gasteiger charge is -2.24. The molecule has 1 fully saturated rings. The zero-order chi connectivity index (χ0) is 21.3. The van der Waals surface area contributed by atoms with Crippen molar-refractivity contribution >= 4 is 11.6 Å². The first kappa shape index (κ1) is 20.3. The van der Waals surface area contributed by atoms with Gasteiger partial charge in [0.2, 0.25) is 5.91 Å². The number of nitrogens with one attached hydrogen (secondary N) is 1. The van der Waals surface area contributed by atoms with Crippen LogP contribution in [0.15, 0.2) is 48.8 Å². The number of aromatic nitrogens is 3. The van der Waals surface area contributed by atoms with E-state index < -0.39 is 0 Å². The van der Waals surface area contributed by atoms with Crippen molar-refractivity contribution < 1.29 is 4.79 Å². The molecule has 30 heavy (non-hydrogen) atoms. The molecule has 0 bridgehead atoms. The molecule has 2 atom stereocenters. The summed E-state index contributed by atoms with van der Waals surface area (Å²) in [5.74, 6) is 0.545. The zero-order valence-corrected chi connectivity index (χ0v) is 18.1. The van der Waals surface area contributed by atoms with Crippen molar-refractivity contribution in [2.75, 3.05) is 18.4 Å². The average Bonchev–Trinajstić information content (AvgIpc) is 3.23. The highest BCUT2D eigenvalue weighted by atomic mass is 16.2. The number of carbonyl (C=O) groups excluding carboxylic acids is 1. The molecule has 6 nitrogen and oxygen atoms in total. The summed E-state index contributed by atoms with van der Waals surface area (Å²) in [5, 5.41) is 7.76. The zero-order valence-electron chi connectivity index (χ0n) is 18.1. The first-order chi connectivity index (χ1) is 14.4. The summed E-state index contributed by atoms with van der Waals surface area (Å²) in [6.45, 7) is 9.50. The summed E-state index contributed by atoms with van der Waals surface area (Å²) in [4.78, 5) is 19.5. The van der Waals surface area contributed by atoms with E-state index >= 15 is 0 Å². The van der Waals surface area contributed by atoms with Crippen LogP contribution in [-0.2, 0) is 4.79 Å². The summed E-state index contributed by atoms with van der Waals surface area (Å²) in [5.41, 5.74) is 5.92. The fourth-order valence-electron chi connectivity index (χ4n) is 4.35. The van der Waals surface area contributed by atoms with Crippen LogP contribution in [0.3, 0.4) is 0 Å². The van der Waals surface area contributed by atoms with Gasteiger partial charge in [-0.15, -0.1) is 0 Å². The molecule has 1 aliphatic rings. The van der Waals surface area contributed by atoms with Crippen molar-refractivity contribution in [1.82, 2.24) is 19.7 Å². The van der Waals surface area contributed by atoms with Crippen molar-refractivity contribution in [3.63, 3.8) is 0 Å². The van der Waals surface area contributed by atoms with Gasteiger partial charge in [-0.25, -0.2) is 4.68 Å². The molecule has 0 radical (unpaired) electrons. The number of nitrogens with zero attached hydrogens (tertiary/aromatic N) is 4. The lowest BCUT2D eigenvalue weighted by molar-refractivity contribution is -0.117. The van der Waals surface area contributed by atoms with Gasteiger partial charge < -0.3 is 5.32 Å². The highest BCUT2D eigenvalue weighted by Crippen LogP contribution is 2.34. The van der Waals surface area contributed by atoms with Gasteiger partial charge in [0.05, 0.1) is 29.3 Å². The van der Waals surface area contributed by atoms with Crippen LogP contribution in [-0.4, -0.2) is 38.7 Å². The normalized spacial score (nSPS) is 19.2. The molecule has 0 unspecified atom stereocenters. The molecule has 1 N–H and O–H groups in total. The molecule has 1 amide bonds. The molecular formula is C24H29N5O. The lowest BCUT2D eigenvalue weighted by atomic mass is 10.0. The summed E-state index contributed by atoms with van der Waals surface area (Å²) in [6, 6.07) is 12.5. The topological polar surface area (TPSA) is 63.1 Å². The third-order valence-electron chi connectivity index (χ3n) is 5.86. The molecule has 3 aromatic rings. The molecule has 156 valence electrons. The van der Waals surface area contributed by atoms with Crippen LogP contribution in [0.25, 0.3) is 5.69 Å². The van der Waals surface area contributed by atoms with E-state index in [4.69, 9.17) is 0 Å². The minimum Gasteiger partial charge on any atom is -0.322 e. The first-order valence-electron chi connectivity index (χ1n) is 10.5. The van der Waals surface area contributed by atoms with Gasteiger partial charge in [-0.3, -0.25) is 14.7 Å². The molecule has 0 saturated carbocycles. The third kappa shape index (κ3) is 4.14. The molecule has 0 aliphatic carbocycles. The van der Waals surface area contributed by atoms with E-state index in [1.165, 1.54) is 11.1 Å². The Morgan fingerprint density at radius 1 is 1.17 bits per heavy atom. The maximum Gasteiger partial charge on any atom is 0.238 e. The summed E-state index contributed by atoms with van der Waals surface area (Å²) in [7, 11) is 0. The van der Waals surface area contributed by atoms with E-state index in [9.17, 15) is 4.79 Å². The van der Waals surface area contributed by atoms with Crippen LogP contribution in [0.1, 0.15) is 41.9 Å². The van der Waals surface area contributed by atoms with Crippen LogP contribution >= 0.6 is 0 Å². The van der Waals surface area contributed by atoms with E-state index in [1.54, 1.807) is 6.20 Å². The fourth-order valence-corrected chi connectivity index (χ4v) is 4.35. The van der Waals surface area contributed by atoms with E-state index in [0.717, 1.165) is 35.7 Å². The van der Waals surface area contributed by atoms with Crippen LogP contribution < -0.4 is 5.32 Å². The van der Waals surface area contributed by atoms with E-state index in [1.807, 2.05) is 42.9 Å². The highest BCUT2D eigenvalue weighted by molar-refractivity contribution is 5.93. The van der Waals surface area contributed by atoms with Crippen molar-refractivity contribution in [1.29, 1.82) is 0 Å². The van der Waals surface area contributed by atoms with Gasteiger partial charge in [0.15, 0.2) is 0 Å². The van der Waals surface area contributed by atoms with Crippen molar-refractivity contribution in [2.24, 2.45) is 5.92 Å². The van der Waals surface area contributed by atoms with Gasteiger partial charge >= 0.3 is 0 Å². The maximum absolute atomic E-state index is 12.9. The third-order valence-corrected chi connectivity index (χ3v) is 5.86. The minimum absolute atomic E-state index is 0.00681. The number of rotatable bonds is 5. The second-order valence-electron chi connectivity index (χ2n) is 8.41. The maximum atomic E-state index is 12.9. The van der Waals surface area contributed by atoms with Crippen LogP contribution in [0, 0.1) is 26.7 Å². The number of aryl methyl sites for hydroxylation is 2. The second-order valence-corrected chi connectivity index (χ2v) is 8.41. The predicted molar refractivity (Wildman–Crippen MR) is 119 cm³/mol. The quantitative estimate of drug-likeness (QED) is 0.693. The predicted octanol–water partition coefficient (Wildman–Crippen LogP) is 4.21. The minimum atomic E-state index is -0.00681. The Labute approximate surface area is 177 Å². The molecule has 4 rings (SSSR count). The monoisotopic (exact) mass is 403 g/mol. The summed E-state index contributed by atoms with van der Waals surface area (Å²) < 4.78 is 1.89. The van der Waals surface area contributed by atoms with Crippen LogP contribution in [0.2, 0.25) is 0 Å². The van der Waals surface area contributed by atoms with Crippen molar-refractivity contribution in [2.45, 2.75) is 40.2 Å². The molecule has 0 spiro atoms. The molecule has 1 saturated heterocycles. The molecular weight excluding hydrogens is 374 g/mol. The van der Waals surface area contributed by atoms with Gasteiger partial charge in [0.25, 0.3) is 0 Å². The molecule has 1 aliphatic heterocycles. The van der Waals surface area contributed by atoms with Crippen LogP contribution in [0.5, 0.6) is 0 Å². The van der Waals surface area contributed by atoms with Gasteiger partial charge in [-0.2, -0.15) is 5.10 Å². The Hall–Kier alpha value is -2.99. The number of anilines is 1. The Bertz CT molecular complexity index is 1030. The van der Waals surface area contributed by atoms with E-state index in [2.05, 4.69) is 52.3 Å². The van der Waals surface area contributed by atoms with Crippen LogP contribution in [0.4, 0.5) is 5.69 Å². The SMILES string of the molecule is Cc1ccc(-n2nc(C)c(NC(=O)CN3C[C@@H](C)C[C@H]3c3cccnc3)c2C)cc1. The highest BCUT2D eigenvalue weighted by Gasteiger charge is 2.32.